The van der Waals surface area contributed by atoms with Gasteiger partial charge in [-0.3, -0.25) is 0 Å². The lowest BCUT2D eigenvalue weighted by molar-refractivity contribution is -0.274. The van der Waals surface area contributed by atoms with Gasteiger partial charge in [0.05, 0.1) is 12.8 Å². The molecular weight excluding hydrogens is 494 g/mol. The first-order valence-electron chi connectivity index (χ1n) is 11.5. The molecule has 0 saturated heterocycles. The largest absolute Gasteiger partial charge is 0.573 e. The van der Waals surface area contributed by atoms with E-state index in [1.54, 1.807) is 23.7 Å². The highest BCUT2D eigenvalue weighted by Gasteiger charge is 2.31. The van der Waals surface area contributed by atoms with E-state index in [0.717, 1.165) is 24.8 Å². The highest BCUT2D eigenvalue weighted by Crippen LogP contribution is 2.35. The van der Waals surface area contributed by atoms with E-state index in [1.807, 2.05) is 0 Å². The average molecular weight is 517 g/mol. The number of halogens is 4. The van der Waals surface area contributed by atoms with Gasteiger partial charge in [0.15, 0.2) is 0 Å². The van der Waals surface area contributed by atoms with Crippen molar-refractivity contribution in [3.63, 3.8) is 0 Å². The van der Waals surface area contributed by atoms with Crippen molar-refractivity contribution in [2.45, 2.75) is 45.0 Å². The molecule has 1 N–H and O–H groups in total. The second kappa shape index (κ2) is 9.71. The van der Waals surface area contributed by atoms with Gasteiger partial charge in [-0.25, -0.2) is 18.7 Å². The first-order chi connectivity index (χ1) is 17.7. The van der Waals surface area contributed by atoms with Crippen LogP contribution < -0.4 is 14.8 Å². The van der Waals surface area contributed by atoms with Crippen molar-refractivity contribution in [3.8, 4) is 17.2 Å². The van der Waals surface area contributed by atoms with Crippen LogP contribution in [0.4, 0.5) is 29.2 Å². The maximum atomic E-state index is 15.1. The molecule has 0 bridgehead atoms. The van der Waals surface area contributed by atoms with Crippen LogP contribution in [0.5, 0.6) is 11.5 Å². The summed E-state index contributed by atoms with van der Waals surface area (Å²) < 4.78 is 65.2. The highest BCUT2D eigenvalue weighted by molar-refractivity contribution is 5.62. The molecule has 1 aliphatic heterocycles. The Morgan fingerprint density at radius 3 is 2.54 bits per heavy atom. The summed E-state index contributed by atoms with van der Waals surface area (Å²) in [6.07, 6.45) is -0.791. The van der Waals surface area contributed by atoms with Crippen LogP contribution in [-0.2, 0) is 6.54 Å². The number of nitrogens with zero attached hydrogens (tertiary/aromatic N) is 6. The molecule has 9 nitrogen and oxygen atoms in total. The lowest BCUT2D eigenvalue weighted by Gasteiger charge is -2.15. The minimum atomic E-state index is -4.76. The molecule has 0 saturated carbocycles. The number of nitrogens with one attached hydrogen (secondary N) is 1. The van der Waals surface area contributed by atoms with E-state index in [1.165, 1.54) is 42.4 Å². The van der Waals surface area contributed by atoms with Gasteiger partial charge in [-0.1, -0.05) is 18.6 Å². The lowest BCUT2D eigenvalue weighted by atomic mass is 9.93. The molecule has 0 amide bonds. The van der Waals surface area contributed by atoms with Crippen LogP contribution in [0, 0.1) is 12.7 Å². The van der Waals surface area contributed by atoms with Gasteiger partial charge < -0.3 is 14.8 Å². The van der Waals surface area contributed by atoms with E-state index < -0.39 is 12.2 Å². The Bertz CT molecular complexity index is 1400. The van der Waals surface area contributed by atoms with E-state index in [9.17, 15) is 13.2 Å². The van der Waals surface area contributed by atoms with Gasteiger partial charge in [-0.2, -0.15) is 10.1 Å². The van der Waals surface area contributed by atoms with Crippen molar-refractivity contribution < 1.29 is 27.0 Å². The van der Waals surface area contributed by atoms with Crippen LogP contribution in [0.1, 0.15) is 42.4 Å². The number of fused-ring (bicyclic) bond motifs is 1. The number of ether oxygens (including phenoxy) is 2. The zero-order chi connectivity index (χ0) is 26.2. The van der Waals surface area contributed by atoms with E-state index in [4.69, 9.17) is 4.74 Å². The molecule has 0 aliphatic carbocycles. The fraction of sp³-hybridized carbons (Fsp3) is 0.333. The molecule has 13 heteroatoms. The molecule has 2 aromatic heterocycles. The molecule has 3 heterocycles. The summed E-state index contributed by atoms with van der Waals surface area (Å²) in [6.45, 7) is 2.34. The van der Waals surface area contributed by atoms with Crippen LogP contribution >= 0.6 is 0 Å². The van der Waals surface area contributed by atoms with Crippen molar-refractivity contribution in [1.29, 1.82) is 0 Å². The second-order valence-electron chi connectivity index (χ2n) is 8.55. The van der Waals surface area contributed by atoms with Crippen molar-refractivity contribution in [2.24, 2.45) is 0 Å². The molecule has 0 fully saturated rings. The summed E-state index contributed by atoms with van der Waals surface area (Å²) in [6, 6.07) is 8.53. The first-order valence-corrected chi connectivity index (χ1v) is 11.5. The number of alkyl halides is 3. The predicted molar refractivity (Wildman–Crippen MR) is 125 cm³/mol. The van der Waals surface area contributed by atoms with Crippen molar-refractivity contribution in [2.75, 3.05) is 12.4 Å². The van der Waals surface area contributed by atoms with Gasteiger partial charge in [0, 0.05) is 24.6 Å². The smallest absolute Gasteiger partial charge is 0.494 e. The zero-order valence-corrected chi connectivity index (χ0v) is 20.0. The Balaban J connectivity index is 1.42. The second-order valence-corrected chi connectivity index (χ2v) is 8.55. The molecule has 194 valence electrons. The quantitative estimate of drug-likeness (QED) is 0.348. The number of benzene rings is 2. The number of aromatic nitrogens is 6. The summed E-state index contributed by atoms with van der Waals surface area (Å²) in [5.41, 5.74) is 1.29. The Kier molecular flexibility index (Phi) is 6.44. The number of anilines is 2. The van der Waals surface area contributed by atoms with E-state index in [-0.39, 0.29) is 23.3 Å². The highest BCUT2D eigenvalue weighted by atomic mass is 19.4. The third-order valence-electron chi connectivity index (χ3n) is 6.01. The van der Waals surface area contributed by atoms with Crippen molar-refractivity contribution in [1.82, 2.24) is 29.5 Å². The molecule has 1 aliphatic rings. The third kappa shape index (κ3) is 5.34. The van der Waals surface area contributed by atoms with Gasteiger partial charge in [0.1, 0.15) is 41.0 Å². The molecule has 4 aromatic rings. The van der Waals surface area contributed by atoms with Gasteiger partial charge in [-0.05, 0) is 37.5 Å². The maximum absolute atomic E-state index is 15.1. The molecule has 1 atom stereocenters. The number of rotatable bonds is 6. The monoisotopic (exact) mass is 517 g/mol. The van der Waals surface area contributed by atoms with Crippen LogP contribution in [-0.4, -0.2) is 43.0 Å². The molecule has 1 unspecified atom stereocenters. The van der Waals surface area contributed by atoms with Crippen molar-refractivity contribution in [3.05, 3.63) is 65.8 Å². The summed E-state index contributed by atoms with van der Waals surface area (Å²) in [4.78, 5) is 8.68. The summed E-state index contributed by atoms with van der Waals surface area (Å²) in [5, 5.41) is 11.6. The summed E-state index contributed by atoms with van der Waals surface area (Å²) in [5.74, 6) is 0.700. The number of aryl methyl sites for hydroxylation is 2. The summed E-state index contributed by atoms with van der Waals surface area (Å²) in [7, 11) is 1.47. The zero-order valence-electron chi connectivity index (χ0n) is 20.0. The van der Waals surface area contributed by atoms with Gasteiger partial charge in [0.25, 0.3) is 0 Å². The van der Waals surface area contributed by atoms with Crippen LogP contribution in [0.25, 0.3) is 5.69 Å². The van der Waals surface area contributed by atoms with E-state index >= 15 is 4.39 Å². The van der Waals surface area contributed by atoms with Crippen LogP contribution in [0.15, 0.2) is 42.7 Å². The Labute approximate surface area is 209 Å². The first kappa shape index (κ1) is 24.5. The fourth-order valence-electron chi connectivity index (χ4n) is 4.35. The number of hydrogen-bond donors (Lipinski definition) is 1. The topological polar surface area (TPSA) is 91.9 Å². The molecule has 0 spiro atoms. The fourth-order valence-corrected chi connectivity index (χ4v) is 4.35. The SMILES string of the molecule is COc1cc(Nc2nc3n(n2)CCCCC3c2ccc(OC(F)(F)F)cc2)c(F)cc1-n1cnc(C)n1. The normalized spacial score (nSPS) is 15.7. The number of hydrogen-bond acceptors (Lipinski definition) is 7. The van der Waals surface area contributed by atoms with Gasteiger partial charge in [0.2, 0.25) is 5.95 Å². The molecule has 2 aromatic carbocycles. The third-order valence-corrected chi connectivity index (χ3v) is 6.01. The Hall–Kier alpha value is -4.16. The summed E-state index contributed by atoms with van der Waals surface area (Å²) >= 11 is 0. The van der Waals surface area contributed by atoms with E-state index in [0.29, 0.717) is 29.6 Å². The van der Waals surface area contributed by atoms with Gasteiger partial charge >= 0.3 is 6.36 Å². The minimum absolute atomic E-state index is 0.114. The predicted octanol–water partition coefficient (Wildman–Crippen LogP) is 5.27. The molecule has 5 rings (SSSR count). The minimum Gasteiger partial charge on any atom is -0.494 e. The standard InChI is InChI=1S/C24H23F4N7O2/c1-14-29-13-35(32-14)20-11-18(25)19(12-21(20)36-2)30-23-31-22-17(5-3-4-10-34(22)33-23)15-6-8-16(9-7-15)37-24(26,27)28/h6-9,11-13,17H,3-5,10H2,1-2H3,(H,30,33). The van der Waals surface area contributed by atoms with Gasteiger partial charge in [-0.15, -0.1) is 18.3 Å². The Morgan fingerprint density at radius 1 is 1.08 bits per heavy atom. The molecule has 37 heavy (non-hydrogen) atoms. The number of methoxy groups -OCH3 is 1. The molecule has 0 radical (unpaired) electrons. The van der Waals surface area contributed by atoms with E-state index in [2.05, 4.69) is 30.2 Å². The average Bonchev–Trinajstić information content (AvgIpc) is 3.40. The van der Waals surface area contributed by atoms with Crippen LogP contribution in [0.3, 0.4) is 0 Å². The lowest BCUT2D eigenvalue weighted by Crippen LogP contribution is -2.17. The molecular formula is C24H23F4N7O2. The van der Waals surface area contributed by atoms with Crippen LogP contribution in [0.2, 0.25) is 0 Å². The van der Waals surface area contributed by atoms with Crippen molar-refractivity contribution >= 4 is 11.6 Å². The Morgan fingerprint density at radius 2 is 1.86 bits per heavy atom. The maximum Gasteiger partial charge on any atom is 0.573 e.